The fourth-order valence-electron chi connectivity index (χ4n) is 0.717. The van der Waals surface area contributed by atoms with Crippen LogP contribution in [0.15, 0.2) is 21.1 Å². The Hall–Kier alpha value is -1.16. The van der Waals surface area contributed by atoms with Gasteiger partial charge in [-0.15, -0.1) is 0 Å². The highest BCUT2D eigenvalue weighted by molar-refractivity contribution is 9.11. The molecule has 2 amide bonds. The first kappa shape index (κ1) is 15.8. The van der Waals surface area contributed by atoms with Crippen LogP contribution in [-0.2, 0) is 0 Å². The maximum absolute atomic E-state index is 10.3. The zero-order valence-electron chi connectivity index (χ0n) is 8.41. The molecule has 0 heterocycles. The number of urea groups is 1. The fraction of sp³-hybridized carbons (Fsp3) is 0. The number of hydrogen-bond donors (Lipinski definition) is 5. The lowest BCUT2D eigenvalue weighted by Gasteiger charge is -1.99. The molecule has 7 nitrogen and oxygen atoms in total. The van der Waals surface area contributed by atoms with Crippen molar-refractivity contribution in [1.82, 2.24) is 10.9 Å². The first-order valence-corrected chi connectivity index (χ1v) is 5.65. The number of nitrogens with two attached hydrogens (primary N) is 2. The van der Waals surface area contributed by atoms with Crippen molar-refractivity contribution in [3.05, 3.63) is 26.6 Å². The molecule has 0 aliphatic carbocycles. The quantitative estimate of drug-likeness (QED) is 0.216. The van der Waals surface area contributed by atoms with Crippen LogP contribution >= 0.6 is 31.9 Å². The summed E-state index contributed by atoms with van der Waals surface area (Å²) < 4.78 is 1.26. The number of carbonyl (C=O) groups is 2. The van der Waals surface area contributed by atoms with Crippen LogP contribution in [0.2, 0.25) is 0 Å². The van der Waals surface area contributed by atoms with Crippen LogP contribution in [0.1, 0.15) is 10.4 Å². The van der Waals surface area contributed by atoms with Crippen LogP contribution in [0.5, 0.6) is 5.75 Å². The summed E-state index contributed by atoms with van der Waals surface area (Å²) in [4.78, 5) is 20.0. The molecule has 0 bridgehead atoms. The molecular weight excluding hydrogens is 360 g/mol. The fourth-order valence-corrected chi connectivity index (χ4v) is 1.98. The van der Waals surface area contributed by atoms with Crippen LogP contribution in [0.25, 0.3) is 0 Å². The molecule has 0 saturated heterocycles. The molecule has 0 unspecified atom stereocenters. The van der Waals surface area contributed by atoms with Crippen molar-refractivity contribution in [2.75, 3.05) is 0 Å². The van der Waals surface area contributed by atoms with Gasteiger partial charge < -0.3 is 5.11 Å². The number of benzene rings is 1. The van der Waals surface area contributed by atoms with Gasteiger partial charge in [0.05, 0.1) is 10.0 Å². The molecule has 0 saturated carbocycles. The van der Waals surface area contributed by atoms with Gasteiger partial charge in [0.1, 0.15) is 5.75 Å². The second kappa shape index (κ2) is 8.01. The van der Waals surface area contributed by atoms with Crippen molar-refractivity contribution in [2.45, 2.75) is 0 Å². The summed E-state index contributed by atoms with van der Waals surface area (Å²) in [7, 11) is 0. The van der Waals surface area contributed by atoms with Crippen LogP contribution in [0.3, 0.4) is 0 Å². The molecule has 1 aromatic carbocycles. The lowest BCUT2D eigenvalue weighted by Crippen LogP contribution is -2.43. The molecule has 7 N–H and O–H groups in total. The van der Waals surface area contributed by atoms with Gasteiger partial charge >= 0.3 is 6.03 Å². The average molecular weight is 370 g/mol. The van der Waals surface area contributed by atoms with E-state index in [0.717, 1.165) is 4.47 Å². The molecule has 9 heteroatoms. The largest absolute Gasteiger partial charge is 0.506 e. The third-order valence-electron chi connectivity index (χ3n) is 1.45. The first-order chi connectivity index (χ1) is 7.96. The van der Waals surface area contributed by atoms with Gasteiger partial charge in [-0.2, -0.15) is 0 Å². The maximum atomic E-state index is 10.3. The molecule has 94 valence electrons. The van der Waals surface area contributed by atoms with Crippen molar-refractivity contribution in [2.24, 2.45) is 11.7 Å². The summed E-state index contributed by atoms with van der Waals surface area (Å²) in [5.74, 6) is 9.06. The van der Waals surface area contributed by atoms with Crippen molar-refractivity contribution in [3.8, 4) is 5.75 Å². The molecular formula is C8H10Br2N4O3. The van der Waals surface area contributed by atoms with Crippen molar-refractivity contribution < 1.29 is 14.7 Å². The lowest BCUT2D eigenvalue weighted by molar-refractivity contribution is 0.112. The Balaban J connectivity index is 0.000000366. The zero-order chi connectivity index (χ0) is 13.4. The summed E-state index contributed by atoms with van der Waals surface area (Å²) in [5, 5.41) is 9.22. The van der Waals surface area contributed by atoms with Crippen molar-refractivity contribution in [1.29, 1.82) is 0 Å². The minimum atomic E-state index is -0.602. The monoisotopic (exact) mass is 368 g/mol. The third kappa shape index (κ3) is 5.63. The highest BCUT2D eigenvalue weighted by atomic mass is 79.9. The van der Waals surface area contributed by atoms with E-state index in [4.69, 9.17) is 0 Å². The van der Waals surface area contributed by atoms with Crippen LogP contribution < -0.4 is 22.5 Å². The Bertz CT molecular complexity index is 408. The van der Waals surface area contributed by atoms with Crippen molar-refractivity contribution in [3.63, 3.8) is 0 Å². The molecule has 0 aromatic heterocycles. The normalized spacial score (nSPS) is 8.71. The summed E-state index contributed by atoms with van der Waals surface area (Å²) >= 11 is 6.29. The number of halogens is 2. The molecule has 0 radical (unpaired) electrons. The maximum Gasteiger partial charge on any atom is 0.343 e. The number of hydrogen-bond acceptors (Lipinski definition) is 5. The molecule has 0 aliphatic heterocycles. The predicted molar refractivity (Wildman–Crippen MR) is 68.9 cm³/mol. The minimum absolute atomic E-state index is 0.0248. The van der Waals surface area contributed by atoms with Gasteiger partial charge in [-0.25, -0.2) is 16.5 Å². The summed E-state index contributed by atoms with van der Waals surface area (Å²) in [6.07, 6.45) is 0.602. The van der Waals surface area contributed by atoms with Gasteiger partial charge in [0.25, 0.3) is 0 Å². The van der Waals surface area contributed by atoms with Gasteiger partial charge in [0, 0.05) is 4.47 Å². The van der Waals surface area contributed by atoms with E-state index in [1.54, 1.807) is 23.0 Å². The van der Waals surface area contributed by atoms with E-state index in [1.807, 2.05) is 0 Å². The number of aldehydes is 1. The number of hydrazine groups is 2. The standard InChI is InChI=1S/C7H4Br2O2.CH6N4O/c8-5-1-4(3-10)7(11)6(9)2-5;2-4-1(6)5-3/h1-3,11H;2-3H2,(H2,4,5,6). The Labute approximate surface area is 114 Å². The second-order valence-corrected chi connectivity index (χ2v) is 4.33. The predicted octanol–water partition coefficient (Wildman–Crippen LogP) is 0.763. The number of amides is 2. The molecule has 0 spiro atoms. The zero-order valence-corrected chi connectivity index (χ0v) is 11.6. The van der Waals surface area contributed by atoms with Gasteiger partial charge in [-0.3, -0.25) is 15.6 Å². The summed E-state index contributed by atoms with van der Waals surface area (Å²) in [5.41, 5.74) is 3.75. The first-order valence-electron chi connectivity index (χ1n) is 4.06. The Morgan fingerprint density at radius 2 is 1.82 bits per heavy atom. The Kier molecular flexibility index (Phi) is 7.46. The lowest BCUT2D eigenvalue weighted by atomic mass is 10.2. The average Bonchev–Trinajstić information content (AvgIpc) is 2.33. The molecule has 0 fully saturated rings. The van der Waals surface area contributed by atoms with Gasteiger partial charge in [-0.1, -0.05) is 15.9 Å². The topological polar surface area (TPSA) is 130 Å². The van der Waals surface area contributed by atoms with Gasteiger partial charge in [0.2, 0.25) is 0 Å². The van der Waals surface area contributed by atoms with Gasteiger partial charge in [0.15, 0.2) is 6.29 Å². The van der Waals surface area contributed by atoms with E-state index >= 15 is 0 Å². The molecule has 0 atom stereocenters. The SMILES string of the molecule is NNC(=O)NN.O=Cc1cc(Br)cc(Br)c1O. The number of phenolic OH excluding ortho intramolecular Hbond substituents is 1. The Morgan fingerprint density at radius 1 is 1.29 bits per heavy atom. The van der Waals surface area contributed by atoms with E-state index in [0.29, 0.717) is 10.8 Å². The second-order valence-electron chi connectivity index (χ2n) is 2.56. The van der Waals surface area contributed by atoms with Gasteiger partial charge in [-0.05, 0) is 28.1 Å². The number of carbonyl (C=O) groups excluding carboxylic acids is 2. The molecule has 1 rings (SSSR count). The molecule has 17 heavy (non-hydrogen) atoms. The van der Waals surface area contributed by atoms with E-state index in [9.17, 15) is 14.7 Å². The van der Waals surface area contributed by atoms with E-state index in [2.05, 4.69) is 43.5 Å². The highest BCUT2D eigenvalue weighted by Crippen LogP contribution is 2.30. The van der Waals surface area contributed by atoms with E-state index < -0.39 is 6.03 Å². The summed E-state index contributed by atoms with van der Waals surface area (Å²) in [6.45, 7) is 0. The number of rotatable bonds is 1. The van der Waals surface area contributed by atoms with Crippen LogP contribution in [0.4, 0.5) is 4.79 Å². The van der Waals surface area contributed by atoms with E-state index in [1.165, 1.54) is 0 Å². The molecule has 1 aromatic rings. The van der Waals surface area contributed by atoms with Crippen LogP contribution in [-0.4, -0.2) is 17.4 Å². The van der Waals surface area contributed by atoms with Crippen molar-refractivity contribution >= 4 is 44.2 Å². The van der Waals surface area contributed by atoms with E-state index in [-0.39, 0.29) is 11.3 Å². The molecule has 0 aliphatic rings. The van der Waals surface area contributed by atoms with Crippen LogP contribution in [0, 0.1) is 0 Å². The highest BCUT2D eigenvalue weighted by Gasteiger charge is 2.05. The number of phenols is 1. The smallest absolute Gasteiger partial charge is 0.343 e. The summed E-state index contributed by atoms with van der Waals surface area (Å²) in [6, 6.07) is 2.62. The Morgan fingerprint density at radius 3 is 2.18 bits per heavy atom. The minimum Gasteiger partial charge on any atom is -0.506 e. The third-order valence-corrected chi connectivity index (χ3v) is 2.51. The number of aromatic hydroxyl groups is 1. The number of nitrogens with one attached hydrogen (secondary N) is 2.